The Morgan fingerprint density at radius 1 is 1.00 bits per heavy atom. The van der Waals surface area contributed by atoms with Crippen LogP contribution in [0.15, 0.2) is 36.4 Å². The average molecular weight is 246 g/mol. The summed E-state index contributed by atoms with van der Waals surface area (Å²) in [6.07, 6.45) is 0. The lowest BCUT2D eigenvalue weighted by Crippen LogP contribution is -1.87. The first-order chi connectivity index (χ1) is 8.66. The Morgan fingerprint density at radius 2 is 1.72 bits per heavy atom. The van der Waals surface area contributed by atoms with Crippen molar-refractivity contribution in [1.29, 1.82) is 0 Å². The summed E-state index contributed by atoms with van der Waals surface area (Å²) in [6.45, 7) is 0. The zero-order chi connectivity index (χ0) is 12.7. The van der Waals surface area contributed by atoms with E-state index < -0.39 is 11.6 Å². The van der Waals surface area contributed by atoms with E-state index in [0.717, 1.165) is 0 Å². The predicted molar refractivity (Wildman–Crippen MR) is 63.1 cm³/mol. The smallest absolute Gasteiger partial charge is 0.151 e. The number of halogens is 2. The second kappa shape index (κ2) is 3.80. The molecular weight excluding hydrogens is 238 g/mol. The average Bonchev–Trinajstić information content (AvgIpc) is 2.74. The standard InChI is InChI=1S/C13H8F2N2O/c14-7-3-2-6-10(18)11(7)13-16-9-5-1-4-8(15)12(9)17-13/h1-6,18H,(H,16,17). The van der Waals surface area contributed by atoms with Gasteiger partial charge in [0, 0.05) is 0 Å². The maximum Gasteiger partial charge on any atom is 0.151 e. The van der Waals surface area contributed by atoms with Gasteiger partial charge in [0.15, 0.2) is 5.82 Å². The van der Waals surface area contributed by atoms with Gasteiger partial charge in [-0.15, -0.1) is 0 Å². The van der Waals surface area contributed by atoms with E-state index in [4.69, 9.17) is 0 Å². The number of benzene rings is 2. The molecule has 2 aromatic carbocycles. The third-order valence-corrected chi connectivity index (χ3v) is 2.69. The number of rotatable bonds is 1. The van der Waals surface area contributed by atoms with Crippen molar-refractivity contribution < 1.29 is 13.9 Å². The van der Waals surface area contributed by atoms with Gasteiger partial charge in [0.25, 0.3) is 0 Å². The van der Waals surface area contributed by atoms with Gasteiger partial charge in [-0.2, -0.15) is 0 Å². The predicted octanol–water partition coefficient (Wildman–Crippen LogP) is 3.21. The summed E-state index contributed by atoms with van der Waals surface area (Å²) < 4.78 is 27.1. The van der Waals surface area contributed by atoms with Crippen LogP contribution in [0.4, 0.5) is 8.78 Å². The molecule has 0 amide bonds. The van der Waals surface area contributed by atoms with Gasteiger partial charge in [-0.1, -0.05) is 12.1 Å². The van der Waals surface area contributed by atoms with E-state index in [1.165, 1.54) is 30.3 Å². The van der Waals surface area contributed by atoms with Crippen molar-refractivity contribution in [2.75, 3.05) is 0 Å². The highest BCUT2D eigenvalue weighted by Crippen LogP contribution is 2.31. The first-order valence-electron chi connectivity index (χ1n) is 5.29. The van der Waals surface area contributed by atoms with E-state index in [9.17, 15) is 13.9 Å². The molecule has 3 nitrogen and oxygen atoms in total. The molecule has 18 heavy (non-hydrogen) atoms. The zero-order valence-electron chi connectivity index (χ0n) is 9.11. The third kappa shape index (κ3) is 1.52. The second-order valence-corrected chi connectivity index (χ2v) is 3.86. The van der Waals surface area contributed by atoms with E-state index in [-0.39, 0.29) is 22.7 Å². The van der Waals surface area contributed by atoms with E-state index in [1.54, 1.807) is 6.07 Å². The van der Waals surface area contributed by atoms with Crippen LogP contribution in [0.1, 0.15) is 0 Å². The maximum atomic E-state index is 13.7. The summed E-state index contributed by atoms with van der Waals surface area (Å²) in [5.41, 5.74) is 0.510. The summed E-state index contributed by atoms with van der Waals surface area (Å²) in [7, 11) is 0. The van der Waals surface area contributed by atoms with Crippen molar-refractivity contribution in [2.24, 2.45) is 0 Å². The molecule has 0 unspecified atom stereocenters. The van der Waals surface area contributed by atoms with Gasteiger partial charge in [0.2, 0.25) is 0 Å². The molecule has 0 aliphatic rings. The summed E-state index contributed by atoms with van der Waals surface area (Å²) in [6, 6.07) is 8.37. The maximum absolute atomic E-state index is 13.7. The van der Waals surface area contributed by atoms with Crippen molar-refractivity contribution >= 4 is 11.0 Å². The van der Waals surface area contributed by atoms with E-state index in [0.29, 0.717) is 5.52 Å². The molecule has 3 aromatic rings. The minimum atomic E-state index is -0.616. The topological polar surface area (TPSA) is 48.9 Å². The van der Waals surface area contributed by atoms with Crippen LogP contribution in [0.2, 0.25) is 0 Å². The molecule has 2 N–H and O–H groups in total. The number of fused-ring (bicyclic) bond motifs is 1. The zero-order valence-corrected chi connectivity index (χ0v) is 9.11. The number of hydrogen-bond donors (Lipinski definition) is 2. The molecule has 1 heterocycles. The number of imidazole rings is 1. The van der Waals surface area contributed by atoms with Gasteiger partial charge in [0.05, 0.1) is 11.1 Å². The van der Waals surface area contributed by atoms with Crippen molar-refractivity contribution in [3.05, 3.63) is 48.0 Å². The largest absolute Gasteiger partial charge is 0.507 e. The highest BCUT2D eigenvalue weighted by Gasteiger charge is 2.15. The number of H-pyrrole nitrogens is 1. The SMILES string of the molecule is Oc1cccc(F)c1-c1nc2c(F)cccc2[nH]1. The number of aromatic hydroxyl groups is 1. The molecule has 1 aromatic heterocycles. The van der Waals surface area contributed by atoms with Crippen LogP contribution >= 0.6 is 0 Å². The molecule has 5 heteroatoms. The number of nitrogens with one attached hydrogen (secondary N) is 1. The normalized spacial score (nSPS) is 11.0. The van der Waals surface area contributed by atoms with Crippen LogP contribution in [0, 0.1) is 11.6 Å². The minimum Gasteiger partial charge on any atom is -0.507 e. The molecule has 0 spiro atoms. The lowest BCUT2D eigenvalue weighted by Gasteiger charge is -2.01. The fourth-order valence-corrected chi connectivity index (χ4v) is 1.86. The Hall–Kier alpha value is -2.43. The molecule has 0 atom stereocenters. The molecule has 0 bridgehead atoms. The Kier molecular flexibility index (Phi) is 2.26. The van der Waals surface area contributed by atoms with Crippen molar-refractivity contribution in [2.45, 2.75) is 0 Å². The second-order valence-electron chi connectivity index (χ2n) is 3.86. The Morgan fingerprint density at radius 3 is 2.44 bits per heavy atom. The van der Waals surface area contributed by atoms with Gasteiger partial charge in [-0.25, -0.2) is 13.8 Å². The minimum absolute atomic E-state index is 0.0619. The molecule has 0 saturated heterocycles. The van der Waals surface area contributed by atoms with Gasteiger partial charge in [-0.05, 0) is 24.3 Å². The fourth-order valence-electron chi connectivity index (χ4n) is 1.86. The summed E-state index contributed by atoms with van der Waals surface area (Å²) >= 11 is 0. The van der Waals surface area contributed by atoms with Crippen LogP contribution in [0.5, 0.6) is 5.75 Å². The molecule has 3 rings (SSSR count). The first kappa shape index (κ1) is 10.7. The lowest BCUT2D eigenvalue weighted by molar-refractivity contribution is 0.471. The van der Waals surface area contributed by atoms with E-state index >= 15 is 0 Å². The number of aromatic nitrogens is 2. The van der Waals surface area contributed by atoms with E-state index in [1.807, 2.05) is 0 Å². The molecule has 0 radical (unpaired) electrons. The lowest BCUT2D eigenvalue weighted by atomic mass is 10.2. The highest BCUT2D eigenvalue weighted by atomic mass is 19.1. The molecule has 0 aliphatic heterocycles. The van der Waals surface area contributed by atoms with Crippen LogP contribution in [0.25, 0.3) is 22.4 Å². The van der Waals surface area contributed by atoms with Crippen molar-refractivity contribution in [3.63, 3.8) is 0 Å². The van der Waals surface area contributed by atoms with Crippen LogP contribution in [-0.2, 0) is 0 Å². The fraction of sp³-hybridized carbons (Fsp3) is 0. The first-order valence-corrected chi connectivity index (χ1v) is 5.29. The quantitative estimate of drug-likeness (QED) is 0.692. The number of para-hydroxylation sites is 1. The number of hydrogen-bond acceptors (Lipinski definition) is 2. The molecular formula is C13H8F2N2O. The summed E-state index contributed by atoms with van der Waals surface area (Å²) in [5.74, 6) is -1.25. The summed E-state index contributed by atoms with van der Waals surface area (Å²) in [4.78, 5) is 6.76. The van der Waals surface area contributed by atoms with Crippen LogP contribution in [-0.4, -0.2) is 15.1 Å². The molecule has 0 fully saturated rings. The highest BCUT2D eigenvalue weighted by molar-refractivity contribution is 5.81. The third-order valence-electron chi connectivity index (χ3n) is 2.69. The van der Waals surface area contributed by atoms with Crippen molar-refractivity contribution in [3.8, 4) is 17.1 Å². The van der Waals surface area contributed by atoms with Crippen LogP contribution < -0.4 is 0 Å². The number of phenols is 1. The monoisotopic (exact) mass is 246 g/mol. The van der Waals surface area contributed by atoms with Gasteiger partial charge < -0.3 is 10.1 Å². The number of aromatic amines is 1. The Labute approximate surface area is 101 Å². The van der Waals surface area contributed by atoms with Crippen molar-refractivity contribution in [1.82, 2.24) is 9.97 Å². The van der Waals surface area contributed by atoms with Gasteiger partial charge in [0.1, 0.15) is 22.9 Å². The molecule has 0 aliphatic carbocycles. The Balaban J connectivity index is 2.30. The molecule has 0 saturated carbocycles. The van der Waals surface area contributed by atoms with Gasteiger partial charge in [-0.3, -0.25) is 0 Å². The number of phenolic OH excluding ortho intramolecular Hbond substituents is 1. The Bertz CT molecular complexity index is 717. The summed E-state index contributed by atoms with van der Waals surface area (Å²) in [5, 5.41) is 9.65. The van der Waals surface area contributed by atoms with Gasteiger partial charge >= 0.3 is 0 Å². The molecule has 90 valence electrons. The van der Waals surface area contributed by atoms with Crippen LogP contribution in [0.3, 0.4) is 0 Å². The van der Waals surface area contributed by atoms with E-state index in [2.05, 4.69) is 9.97 Å². The number of nitrogens with zero attached hydrogens (tertiary/aromatic N) is 1.